The fraction of sp³-hybridized carbons (Fsp3) is 0.882. The third-order valence-electron chi connectivity index (χ3n) is 15.2. The number of aliphatic hydroxyl groups is 1. The topological polar surface area (TPSA) is 237 Å². The lowest BCUT2D eigenvalue weighted by molar-refractivity contribution is -0.161. The van der Waals surface area contributed by atoms with Crippen molar-refractivity contribution in [3.05, 3.63) is 24.3 Å². The Labute approximate surface area is 529 Å². The standard InChI is InChI=1S/C68H128O17P2/c1-5-9-13-17-20-23-26-28-30-31-33-35-37-40-43-47-51-55-68(73)85-64(59-79-66(71)53-49-45-41-39-36-34-32-29-27-24-21-18-14-10-6-2)61-83-87(76,77)81-57-62(69)56-80-86(74,75)82-60-63(58-78-65(70)52-48-44-16-12-8-4)84-67(72)54-50-46-42-38-25-22-19-15-11-7-3/h24,27,29,32,62-64,69H,5-23,25-26,28,30-31,33-61H2,1-4H3,(H,74,75)(H,76,77)/b27-24-,32-29-/t62-,63+,64+/m0/s1. The highest BCUT2D eigenvalue weighted by molar-refractivity contribution is 7.47. The van der Waals surface area contributed by atoms with Gasteiger partial charge in [-0.2, -0.15) is 0 Å². The Morgan fingerprint density at radius 2 is 0.552 bits per heavy atom. The van der Waals surface area contributed by atoms with Gasteiger partial charge in [-0.25, -0.2) is 9.13 Å². The molecule has 0 heterocycles. The second kappa shape index (κ2) is 62.4. The summed E-state index contributed by atoms with van der Waals surface area (Å²) in [7, 11) is -9.89. The van der Waals surface area contributed by atoms with E-state index in [0.717, 1.165) is 116 Å². The number of aliphatic hydroxyl groups excluding tert-OH is 1. The molecule has 0 radical (unpaired) electrons. The Hall–Kier alpha value is -2.46. The summed E-state index contributed by atoms with van der Waals surface area (Å²) in [5, 5.41) is 10.5. The molecule has 3 N–H and O–H groups in total. The van der Waals surface area contributed by atoms with Gasteiger partial charge in [0.25, 0.3) is 0 Å². The number of hydrogen-bond acceptors (Lipinski definition) is 15. The Bertz CT molecular complexity index is 1760. The normalized spacial score (nSPS) is 14.2. The third-order valence-corrected chi connectivity index (χ3v) is 17.1. The van der Waals surface area contributed by atoms with Gasteiger partial charge in [-0.05, 0) is 51.4 Å². The lowest BCUT2D eigenvalue weighted by atomic mass is 10.0. The van der Waals surface area contributed by atoms with Crippen molar-refractivity contribution in [3.8, 4) is 0 Å². The van der Waals surface area contributed by atoms with Gasteiger partial charge in [0.15, 0.2) is 12.2 Å². The van der Waals surface area contributed by atoms with Crippen LogP contribution in [0.2, 0.25) is 0 Å². The molecule has 0 saturated carbocycles. The number of unbranched alkanes of at least 4 members (excludes halogenated alkanes) is 38. The number of allylic oxidation sites excluding steroid dienone is 4. The Balaban J connectivity index is 5.19. The number of carbonyl (C=O) groups is 4. The Morgan fingerprint density at radius 3 is 0.839 bits per heavy atom. The van der Waals surface area contributed by atoms with Gasteiger partial charge in [0.1, 0.15) is 19.3 Å². The molecule has 0 aliphatic rings. The molecule has 0 aliphatic carbocycles. The molecule has 17 nitrogen and oxygen atoms in total. The van der Waals surface area contributed by atoms with E-state index >= 15 is 0 Å². The molecule has 5 atom stereocenters. The first kappa shape index (κ1) is 84.5. The molecule has 0 amide bonds. The average Bonchev–Trinajstić information content (AvgIpc) is 3.62. The van der Waals surface area contributed by atoms with Crippen molar-refractivity contribution < 1.29 is 80.2 Å². The summed E-state index contributed by atoms with van der Waals surface area (Å²) < 4.78 is 67.9. The number of ether oxygens (including phenoxy) is 4. The van der Waals surface area contributed by atoms with Gasteiger partial charge < -0.3 is 33.8 Å². The molecule has 87 heavy (non-hydrogen) atoms. The first-order valence-electron chi connectivity index (χ1n) is 35.1. The van der Waals surface area contributed by atoms with Crippen LogP contribution in [0.4, 0.5) is 0 Å². The molecule has 0 rings (SSSR count). The second-order valence-electron chi connectivity index (χ2n) is 23.9. The predicted octanol–water partition coefficient (Wildman–Crippen LogP) is 19.1. The van der Waals surface area contributed by atoms with Crippen molar-refractivity contribution in [1.82, 2.24) is 0 Å². The van der Waals surface area contributed by atoms with E-state index in [-0.39, 0.29) is 25.7 Å². The molecule has 0 spiro atoms. The lowest BCUT2D eigenvalue weighted by Crippen LogP contribution is -2.30. The molecular weight excluding hydrogens is 1150 g/mol. The molecule has 512 valence electrons. The quantitative estimate of drug-likeness (QED) is 0.0169. The van der Waals surface area contributed by atoms with Gasteiger partial charge in [0.2, 0.25) is 0 Å². The molecule has 0 bridgehead atoms. The Kier molecular flexibility index (Phi) is 60.6. The zero-order valence-corrected chi connectivity index (χ0v) is 57.3. The first-order chi connectivity index (χ1) is 42.2. The lowest BCUT2D eigenvalue weighted by Gasteiger charge is -2.21. The summed E-state index contributed by atoms with van der Waals surface area (Å²) >= 11 is 0. The van der Waals surface area contributed by atoms with Crippen LogP contribution in [0.3, 0.4) is 0 Å². The maximum absolute atomic E-state index is 13.0. The van der Waals surface area contributed by atoms with Gasteiger partial charge >= 0.3 is 39.5 Å². The maximum atomic E-state index is 13.0. The van der Waals surface area contributed by atoms with Crippen LogP contribution in [-0.2, 0) is 65.4 Å². The van der Waals surface area contributed by atoms with Gasteiger partial charge in [-0.15, -0.1) is 0 Å². The number of hydrogen-bond donors (Lipinski definition) is 3. The molecule has 0 fully saturated rings. The van der Waals surface area contributed by atoms with E-state index < -0.39 is 97.5 Å². The number of rotatable bonds is 67. The number of esters is 4. The maximum Gasteiger partial charge on any atom is 0.472 e. The van der Waals surface area contributed by atoms with Gasteiger partial charge in [-0.3, -0.25) is 37.3 Å². The third kappa shape index (κ3) is 62.1. The van der Waals surface area contributed by atoms with Crippen LogP contribution in [0.1, 0.15) is 329 Å². The molecule has 0 aliphatic heterocycles. The summed E-state index contributed by atoms with van der Waals surface area (Å²) in [6, 6.07) is 0. The van der Waals surface area contributed by atoms with Crippen molar-refractivity contribution in [2.24, 2.45) is 0 Å². The van der Waals surface area contributed by atoms with E-state index in [4.69, 9.17) is 37.0 Å². The zero-order chi connectivity index (χ0) is 64.0. The van der Waals surface area contributed by atoms with Crippen LogP contribution in [-0.4, -0.2) is 96.7 Å². The molecule has 0 aromatic rings. The number of phosphoric acid groups is 2. The monoisotopic (exact) mass is 1280 g/mol. The van der Waals surface area contributed by atoms with Crippen molar-refractivity contribution in [1.29, 1.82) is 0 Å². The SMILES string of the molecule is CCCCCC/C=C\C=C/CCCCCCCC(=O)OC[C@H](COP(=O)(O)OC[C@@H](O)COP(=O)(O)OC[C@@H](COC(=O)CCCCCCC)OC(=O)CCCCCCCCCCCC)OC(=O)CCCCCCCCCCCCCCCCCCC. The molecule has 19 heteroatoms. The summed E-state index contributed by atoms with van der Waals surface area (Å²) in [4.78, 5) is 72.1. The molecule has 0 aromatic heterocycles. The highest BCUT2D eigenvalue weighted by Gasteiger charge is 2.30. The highest BCUT2D eigenvalue weighted by Crippen LogP contribution is 2.45. The van der Waals surface area contributed by atoms with Crippen molar-refractivity contribution in [2.75, 3.05) is 39.6 Å². The minimum atomic E-state index is -4.95. The van der Waals surface area contributed by atoms with E-state index in [9.17, 15) is 43.2 Å². The summed E-state index contributed by atoms with van der Waals surface area (Å²) in [5.74, 6) is -2.17. The molecule has 0 aromatic carbocycles. The van der Waals surface area contributed by atoms with E-state index in [1.165, 1.54) is 135 Å². The van der Waals surface area contributed by atoms with Crippen LogP contribution in [0.5, 0.6) is 0 Å². The van der Waals surface area contributed by atoms with Crippen molar-refractivity contribution >= 4 is 39.5 Å². The van der Waals surface area contributed by atoms with Gasteiger partial charge in [-0.1, -0.05) is 277 Å². The predicted molar refractivity (Wildman–Crippen MR) is 349 cm³/mol. The van der Waals surface area contributed by atoms with Gasteiger partial charge in [0, 0.05) is 25.7 Å². The van der Waals surface area contributed by atoms with Crippen LogP contribution < -0.4 is 0 Å². The fourth-order valence-corrected chi connectivity index (χ4v) is 11.4. The van der Waals surface area contributed by atoms with E-state index in [1.54, 1.807) is 0 Å². The number of phosphoric ester groups is 2. The molecule has 2 unspecified atom stereocenters. The smallest absolute Gasteiger partial charge is 0.462 e. The first-order valence-corrected chi connectivity index (χ1v) is 38.1. The van der Waals surface area contributed by atoms with Crippen LogP contribution in [0, 0.1) is 0 Å². The minimum Gasteiger partial charge on any atom is -0.462 e. The largest absolute Gasteiger partial charge is 0.472 e. The van der Waals surface area contributed by atoms with E-state index in [0.29, 0.717) is 25.7 Å². The highest BCUT2D eigenvalue weighted by atomic mass is 31.2. The summed E-state index contributed by atoms with van der Waals surface area (Å²) in [6.45, 7) is 4.77. The second-order valence-corrected chi connectivity index (χ2v) is 26.8. The van der Waals surface area contributed by atoms with Crippen LogP contribution in [0.15, 0.2) is 24.3 Å². The average molecular weight is 1280 g/mol. The van der Waals surface area contributed by atoms with Crippen LogP contribution in [0.25, 0.3) is 0 Å². The summed E-state index contributed by atoms with van der Waals surface area (Å²) in [6.07, 6.45) is 52.5. The van der Waals surface area contributed by atoms with E-state index in [1.807, 2.05) is 0 Å². The fourth-order valence-electron chi connectivity index (χ4n) is 9.80. The Morgan fingerprint density at radius 1 is 0.322 bits per heavy atom. The van der Waals surface area contributed by atoms with Crippen molar-refractivity contribution in [2.45, 2.75) is 348 Å². The minimum absolute atomic E-state index is 0.102. The van der Waals surface area contributed by atoms with Crippen molar-refractivity contribution in [3.63, 3.8) is 0 Å². The zero-order valence-electron chi connectivity index (χ0n) is 55.5. The van der Waals surface area contributed by atoms with Crippen LogP contribution >= 0.6 is 15.6 Å². The summed E-state index contributed by atoms with van der Waals surface area (Å²) in [5.41, 5.74) is 0. The molecule has 0 saturated heterocycles. The van der Waals surface area contributed by atoms with Gasteiger partial charge in [0.05, 0.1) is 26.4 Å². The van der Waals surface area contributed by atoms with E-state index in [2.05, 4.69) is 52.0 Å². The number of carbonyl (C=O) groups excluding carboxylic acids is 4. The molecular formula is C68H128O17P2.